The highest BCUT2D eigenvalue weighted by atomic mass is 79.9. The number of rotatable bonds is 12. The van der Waals surface area contributed by atoms with Gasteiger partial charge in [-0.15, -0.1) is 0 Å². The van der Waals surface area contributed by atoms with Crippen LogP contribution < -0.4 is 9.62 Å². The Morgan fingerprint density at radius 1 is 1.11 bits per heavy atom. The van der Waals surface area contributed by atoms with E-state index in [9.17, 15) is 31.2 Å². The molecule has 0 unspecified atom stereocenters. The first kappa shape index (κ1) is 30.6. The summed E-state index contributed by atoms with van der Waals surface area (Å²) in [7, 11) is -3.92. The van der Waals surface area contributed by atoms with Gasteiger partial charge in [-0.1, -0.05) is 41.1 Å². The topological polar surface area (TPSA) is 86.8 Å². The minimum Gasteiger partial charge on any atom is -0.354 e. The Kier molecular flexibility index (Phi) is 11.0. The Bertz CT molecular complexity index is 1190. The van der Waals surface area contributed by atoms with Crippen molar-refractivity contribution in [3.05, 3.63) is 64.1 Å². The lowest BCUT2D eigenvalue weighted by molar-refractivity contribution is -0.140. The molecule has 2 amide bonds. The Hall–Kier alpha value is -2.60. The van der Waals surface area contributed by atoms with Crippen LogP contribution in [-0.2, 0) is 32.3 Å². The predicted octanol–water partition coefficient (Wildman–Crippen LogP) is 4.96. The highest BCUT2D eigenvalue weighted by molar-refractivity contribution is 9.10. The molecule has 2 aromatic rings. The Balaban J connectivity index is 2.20. The molecule has 2 rings (SSSR count). The fraction of sp³-hybridized carbons (Fsp3) is 0.440. The summed E-state index contributed by atoms with van der Waals surface area (Å²) in [6.45, 7) is 3.94. The van der Waals surface area contributed by atoms with Crippen LogP contribution in [0.25, 0.3) is 0 Å². The van der Waals surface area contributed by atoms with Crippen LogP contribution in [0.5, 0.6) is 0 Å². The van der Waals surface area contributed by atoms with Gasteiger partial charge in [0, 0.05) is 30.5 Å². The quantitative estimate of drug-likeness (QED) is 0.370. The number of alkyl halides is 3. The van der Waals surface area contributed by atoms with Gasteiger partial charge in [0.1, 0.15) is 6.04 Å². The summed E-state index contributed by atoms with van der Waals surface area (Å²) < 4.78 is 65.8. The van der Waals surface area contributed by atoms with Crippen molar-refractivity contribution in [1.82, 2.24) is 10.2 Å². The third-order valence-electron chi connectivity index (χ3n) is 5.57. The molecule has 0 saturated heterocycles. The van der Waals surface area contributed by atoms with Gasteiger partial charge in [-0.05, 0) is 55.7 Å². The van der Waals surface area contributed by atoms with Crippen molar-refractivity contribution >= 4 is 43.5 Å². The SMILES string of the molecule is CCCNC(=O)[C@@H](C)N(Cc1cccc(Br)c1)C(=O)CCCN(c1cccc(C(F)(F)F)c1)S(C)(=O)=O. The third-order valence-corrected chi connectivity index (χ3v) is 7.26. The molecule has 0 aliphatic carbocycles. The number of benzene rings is 2. The predicted molar refractivity (Wildman–Crippen MR) is 140 cm³/mol. The minimum atomic E-state index is -4.63. The highest BCUT2D eigenvalue weighted by Crippen LogP contribution is 2.32. The monoisotopic (exact) mass is 605 g/mol. The molecule has 12 heteroatoms. The van der Waals surface area contributed by atoms with E-state index < -0.39 is 27.8 Å². The van der Waals surface area contributed by atoms with Gasteiger partial charge in [-0.25, -0.2) is 8.42 Å². The molecule has 2 aromatic carbocycles. The second-order valence-electron chi connectivity index (χ2n) is 8.61. The number of nitrogens with one attached hydrogen (secondary N) is 1. The molecule has 1 N–H and O–H groups in total. The number of sulfonamides is 1. The molecule has 204 valence electrons. The molecule has 0 saturated carbocycles. The Morgan fingerprint density at radius 2 is 1.78 bits per heavy atom. The zero-order chi connectivity index (χ0) is 27.8. The Labute approximate surface area is 224 Å². The molecule has 7 nitrogen and oxygen atoms in total. The van der Waals surface area contributed by atoms with E-state index in [4.69, 9.17) is 0 Å². The Morgan fingerprint density at radius 3 is 2.38 bits per heavy atom. The van der Waals surface area contributed by atoms with Crippen molar-refractivity contribution in [1.29, 1.82) is 0 Å². The number of hydrogen-bond donors (Lipinski definition) is 1. The maximum absolute atomic E-state index is 13.2. The number of hydrogen-bond acceptors (Lipinski definition) is 4. The van der Waals surface area contributed by atoms with E-state index in [-0.39, 0.29) is 43.4 Å². The van der Waals surface area contributed by atoms with E-state index in [1.54, 1.807) is 6.92 Å². The van der Waals surface area contributed by atoms with Crippen LogP contribution in [0.15, 0.2) is 53.0 Å². The zero-order valence-corrected chi connectivity index (χ0v) is 23.3. The highest BCUT2D eigenvalue weighted by Gasteiger charge is 2.32. The minimum absolute atomic E-state index is 0.0421. The molecule has 0 fully saturated rings. The van der Waals surface area contributed by atoms with Gasteiger partial charge in [-0.3, -0.25) is 13.9 Å². The average molecular weight is 607 g/mol. The summed E-state index contributed by atoms with van der Waals surface area (Å²) in [5, 5.41) is 2.78. The number of halogens is 4. The van der Waals surface area contributed by atoms with Crippen LogP contribution in [0.4, 0.5) is 18.9 Å². The van der Waals surface area contributed by atoms with Crippen molar-refractivity contribution in [2.45, 2.75) is 51.9 Å². The third kappa shape index (κ3) is 9.33. The van der Waals surface area contributed by atoms with Crippen LogP contribution in [0, 0.1) is 0 Å². The first-order chi connectivity index (χ1) is 17.2. The first-order valence-electron chi connectivity index (χ1n) is 11.7. The maximum atomic E-state index is 13.2. The molecule has 0 aliphatic heterocycles. The molecule has 1 atom stereocenters. The lowest BCUT2D eigenvalue weighted by atomic mass is 10.1. The number of nitrogens with zero attached hydrogens (tertiary/aromatic N) is 2. The van der Waals surface area contributed by atoms with Gasteiger partial charge in [-0.2, -0.15) is 13.2 Å². The largest absolute Gasteiger partial charge is 0.416 e. The lowest BCUT2D eigenvalue weighted by Crippen LogP contribution is -2.47. The summed E-state index contributed by atoms with van der Waals surface area (Å²) in [5.74, 6) is -0.691. The summed E-state index contributed by atoms with van der Waals surface area (Å²) in [4.78, 5) is 27.3. The van der Waals surface area contributed by atoms with Crippen molar-refractivity contribution in [2.24, 2.45) is 0 Å². The molecule has 0 bridgehead atoms. The molecular weight excluding hydrogens is 575 g/mol. The summed E-state index contributed by atoms with van der Waals surface area (Å²) in [5.41, 5.74) is -0.315. The molecule has 0 heterocycles. The molecule has 0 aromatic heterocycles. The van der Waals surface area contributed by atoms with Gasteiger partial charge in [0.2, 0.25) is 21.8 Å². The van der Waals surface area contributed by atoms with Gasteiger partial charge in [0.15, 0.2) is 0 Å². The first-order valence-corrected chi connectivity index (χ1v) is 14.3. The second kappa shape index (κ2) is 13.3. The molecule has 0 spiro atoms. The molecule has 0 aliphatic rings. The van der Waals surface area contributed by atoms with Crippen LogP contribution in [0.2, 0.25) is 0 Å². The lowest BCUT2D eigenvalue weighted by Gasteiger charge is -2.29. The van der Waals surface area contributed by atoms with Gasteiger partial charge >= 0.3 is 6.18 Å². The number of carbonyl (C=O) groups is 2. The fourth-order valence-corrected chi connectivity index (χ4v) is 5.06. The summed E-state index contributed by atoms with van der Waals surface area (Å²) >= 11 is 3.39. The van der Waals surface area contributed by atoms with E-state index in [1.165, 1.54) is 11.0 Å². The van der Waals surface area contributed by atoms with E-state index in [1.807, 2.05) is 31.2 Å². The van der Waals surface area contributed by atoms with Crippen LogP contribution in [-0.4, -0.2) is 50.5 Å². The van der Waals surface area contributed by atoms with Crippen molar-refractivity contribution in [3.63, 3.8) is 0 Å². The normalized spacial score (nSPS) is 12.6. The van der Waals surface area contributed by atoms with Crippen molar-refractivity contribution in [3.8, 4) is 0 Å². The summed E-state index contributed by atoms with van der Waals surface area (Å²) in [6, 6.07) is 10.5. The second-order valence-corrected chi connectivity index (χ2v) is 11.4. The fourth-order valence-electron chi connectivity index (χ4n) is 3.65. The maximum Gasteiger partial charge on any atom is 0.416 e. The molecule has 37 heavy (non-hydrogen) atoms. The van der Waals surface area contributed by atoms with Gasteiger partial charge < -0.3 is 10.2 Å². The van der Waals surface area contributed by atoms with Gasteiger partial charge in [0.25, 0.3) is 0 Å². The van der Waals surface area contributed by atoms with Gasteiger partial charge in [0.05, 0.1) is 17.5 Å². The number of carbonyl (C=O) groups excluding carboxylic acids is 2. The van der Waals surface area contributed by atoms with E-state index in [0.29, 0.717) is 6.54 Å². The van der Waals surface area contributed by atoms with Crippen LogP contribution in [0.1, 0.15) is 44.2 Å². The number of anilines is 1. The number of amides is 2. The average Bonchev–Trinajstić information content (AvgIpc) is 2.82. The zero-order valence-electron chi connectivity index (χ0n) is 20.9. The van der Waals surface area contributed by atoms with E-state index >= 15 is 0 Å². The van der Waals surface area contributed by atoms with Crippen molar-refractivity contribution in [2.75, 3.05) is 23.7 Å². The summed E-state index contributed by atoms with van der Waals surface area (Å²) in [6.07, 6.45) is -3.06. The molecular formula is C25H31BrF3N3O4S. The van der Waals surface area contributed by atoms with Crippen molar-refractivity contribution < 1.29 is 31.2 Å². The standard InChI is InChI=1S/C25H31BrF3N3O4S/c1-4-13-30-24(34)18(2)31(17-19-8-5-10-21(26)15-19)23(33)12-7-14-32(37(3,35)36)22-11-6-9-20(16-22)25(27,28)29/h5-6,8-11,15-16,18H,4,7,12-14,17H2,1-3H3,(H,30,34)/t18-/m1/s1. The molecule has 0 radical (unpaired) electrons. The van der Waals surface area contributed by atoms with E-state index in [0.717, 1.165) is 45.2 Å². The van der Waals surface area contributed by atoms with Crippen LogP contribution >= 0.6 is 15.9 Å². The smallest absolute Gasteiger partial charge is 0.354 e. The van der Waals surface area contributed by atoms with E-state index in [2.05, 4.69) is 21.2 Å². The van der Waals surface area contributed by atoms with Crippen LogP contribution in [0.3, 0.4) is 0 Å².